The number of benzene rings is 1. The number of ether oxygens (including phenoxy) is 1. The van der Waals surface area contributed by atoms with Crippen LogP contribution in [0, 0.1) is 11.6 Å². The predicted octanol–water partition coefficient (Wildman–Crippen LogP) is 4.24. The Kier molecular flexibility index (Phi) is 6.28. The molecule has 0 N–H and O–H groups in total. The Balaban J connectivity index is 1.44. The van der Waals surface area contributed by atoms with Gasteiger partial charge in [0.1, 0.15) is 17.5 Å². The highest BCUT2D eigenvalue weighted by Gasteiger charge is 2.23. The zero-order valence-corrected chi connectivity index (χ0v) is 18.8. The lowest BCUT2D eigenvalue weighted by atomic mass is 10.1. The summed E-state index contributed by atoms with van der Waals surface area (Å²) in [6.45, 7) is 5.44. The SMILES string of the molecule is Fc1ccc(-c2cc(N3CCOCC3)nc(N3CCN(c4ncccc4F)CC3)c2)cc1Cl. The zero-order valence-electron chi connectivity index (χ0n) is 18.1. The molecule has 1 aromatic carbocycles. The van der Waals surface area contributed by atoms with E-state index in [0.29, 0.717) is 45.2 Å². The summed E-state index contributed by atoms with van der Waals surface area (Å²) in [7, 11) is 0. The van der Waals surface area contributed by atoms with Crippen molar-refractivity contribution < 1.29 is 13.5 Å². The lowest BCUT2D eigenvalue weighted by Crippen LogP contribution is -2.47. The summed E-state index contributed by atoms with van der Waals surface area (Å²) in [5.74, 6) is 1.31. The fraction of sp³-hybridized carbons (Fsp3) is 0.333. The van der Waals surface area contributed by atoms with E-state index in [1.54, 1.807) is 24.4 Å². The van der Waals surface area contributed by atoms with Gasteiger partial charge in [-0.25, -0.2) is 18.7 Å². The van der Waals surface area contributed by atoms with Crippen LogP contribution in [0.1, 0.15) is 0 Å². The minimum atomic E-state index is -0.444. The molecule has 2 aliphatic heterocycles. The van der Waals surface area contributed by atoms with Gasteiger partial charge in [-0.3, -0.25) is 0 Å². The summed E-state index contributed by atoms with van der Waals surface area (Å²) in [5.41, 5.74) is 1.75. The highest BCUT2D eigenvalue weighted by atomic mass is 35.5. The average molecular weight is 472 g/mol. The molecule has 0 radical (unpaired) electrons. The van der Waals surface area contributed by atoms with Crippen LogP contribution in [0.5, 0.6) is 0 Å². The largest absolute Gasteiger partial charge is 0.378 e. The molecule has 0 amide bonds. The Labute approximate surface area is 196 Å². The minimum Gasteiger partial charge on any atom is -0.378 e. The van der Waals surface area contributed by atoms with Gasteiger partial charge in [-0.15, -0.1) is 0 Å². The third kappa shape index (κ3) is 4.72. The summed E-state index contributed by atoms with van der Waals surface area (Å²) in [6, 6.07) is 11.8. The van der Waals surface area contributed by atoms with Crippen molar-refractivity contribution in [2.24, 2.45) is 0 Å². The second-order valence-corrected chi connectivity index (χ2v) is 8.49. The number of anilines is 3. The molecule has 0 unspecified atom stereocenters. The molecule has 5 rings (SSSR count). The molecular weight excluding hydrogens is 448 g/mol. The standard InChI is InChI=1S/C24H24ClF2N5O/c25-19-14-17(3-4-20(19)26)18-15-22(29-23(16-18)31-10-12-33-13-11-31)30-6-8-32(9-7-30)24-21(27)2-1-5-28-24/h1-5,14-16H,6-13H2. The molecule has 0 atom stereocenters. The highest BCUT2D eigenvalue weighted by Crippen LogP contribution is 2.31. The van der Waals surface area contributed by atoms with E-state index >= 15 is 0 Å². The monoisotopic (exact) mass is 471 g/mol. The third-order valence-electron chi connectivity index (χ3n) is 6.03. The van der Waals surface area contributed by atoms with E-state index in [1.165, 1.54) is 12.1 Å². The number of hydrogen-bond acceptors (Lipinski definition) is 6. The maximum Gasteiger partial charge on any atom is 0.165 e. The van der Waals surface area contributed by atoms with Crippen molar-refractivity contribution in [1.82, 2.24) is 9.97 Å². The van der Waals surface area contributed by atoms with E-state index < -0.39 is 5.82 Å². The quantitative estimate of drug-likeness (QED) is 0.567. The summed E-state index contributed by atoms with van der Waals surface area (Å²) in [4.78, 5) is 15.5. The van der Waals surface area contributed by atoms with Gasteiger partial charge < -0.3 is 19.4 Å². The molecule has 3 aromatic rings. The topological polar surface area (TPSA) is 44.7 Å². The lowest BCUT2D eigenvalue weighted by Gasteiger charge is -2.37. The maximum absolute atomic E-state index is 14.2. The van der Waals surface area contributed by atoms with Gasteiger partial charge in [-0.1, -0.05) is 17.7 Å². The highest BCUT2D eigenvalue weighted by molar-refractivity contribution is 6.31. The van der Waals surface area contributed by atoms with E-state index in [0.717, 1.165) is 35.9 Å². The molecule has 33 heavy (non-hydrogen) atoms. The fourth-order valence-corrected chi connectivity index (χ4v) is 4.40. The van der Waals surface area contributed by atoms with Crippen LogP contribution in [-0.4, -0.2) is 62.5 Å². The van der Waals surface area contributed by atoms with Crippen LogP contribution < -0.4 is 14.7 Å². The van der Waals surface area contributed by atoms with Crippen molar-refractivity contribution in [1.29, 1.82) is 0 Å². The average Bonchev–Trinajstić information content (AvgIpc) is 2.86. The van der Waals surface area contributed by atoms with Crippen molar-refractivity contribution in [3.8, 4) is 11.1 Å². The van der Waals surface area contributed by atoms with Crippen LogP contribution in [0.25, 0.3) is 11.1 Å². The van der Waals surface area contributed by atoms with Crippen molar-refractivity contribution in [2.75, 3.05) is 67.2 Å². The first-order chi connectivity index (χ1) is 16.1. The first kappa shape index (κ1) is 21.9. The van der Waals surface area contributed by atoms with Crippen LogP contribution in [0.3, 0.4) is 0 Å². The number of morpholine rings is 1. The van der Waals surface area contributed by atoms with E-state index in [2.05, 4.69) is 14.8 Å². The Morgan fingerprint density at radius 1 is 0.758 bits per heavy atom. The first-order valence-corrected chi connectivity index (χ1v) is 11.4. The summed E-state index contributed by atoms with van der Waals surface area (Å²) < 4.78 is 33.4. The van der Waals surface area contributed by atoms with Crippen LogP contribution in [-0.2, 0) is 4.74 Å². The van der Waals surface area contributed by atoms with Crippen molar-refractivity contribution >= 4 is 29.1 Å². The number of halogens is 3. The van der Waals surface area contributed by atoms with E-state index in [-0.39, 0.29) is 10.8 Å². The first-order valence-electron chi connectivity index (χ1n) is 11.0. The zero-order chi connectivity index (χ0) is 22.8. The predicted molar refractivity (Wildman–Crippen MR) is 126 cm³/mol. The number of pyridine rings is 2. The van der Waals surface area contributed by atoms with Gasteiger partial charge in [0.2, 0.25) is 0 Å². The van der Waals surface area contributed by atoms with Gasteiger partial charge in [-0.2, -0.15) is 0 Å². The number of nitrogens with zero attached hydrogens (tertiary/aromatic N) is 5. The van der Waals surface area contributed by atoms with Crippen LogP contribution in [0.4, 0.5) is 26.2 Å². The Bertz CT molecular complexity index is 1130. The van der Waals surface area contributed by atoms with Gasteiger partial charge in [0.05, 0.1) is 18.2 Å². The molecule has 2 aliphatic rings. The number of hydrogen-bond donors (Lipinski definition) is 0. The molecule has 2 saturated heterocycles. The molecule has 0 aliphatic carbocycles. The number of rotatable bonds is 4. The van der Waals surface area contributed by atoms with Crippen LogP contribution in [0.15, 0.2) is 48.7 Å². The van der Waals surface area contributed by atoms with E-state index in [9.17, 15) is 8.78 Å². The van der Waals surface area contributed by atoms with Gasteiger partial charge in [0.15, 0.2) is 11.6 Å². The second kappa shape index (κ2) is 9.49. The van der Waals surface area contributed by atoms with Gasteiger partial charge in [0, 0.05) is 45.5 Å². The molecule has 172 valence electrons. The third-order valence-corrected chi connectivity index (χ3v) is 6.32. The summed E-state index contributed by atoms with van der Waals surface area (Å²) in [5, 5.41) is 0.0878. The van der Waals surface area contributed by atoms with Gasteiger partial charge in [0.25, 0.3) is 0 Å². The van der Waals surface area contributed by atoms with Crippen molar-refractivity contribution in [2.45, 2.75) is 0 Å². The maximum atomic E-state index is 14.2. The van der Waals surface area contributed by atoms with Crippen molar-refractivity contribution in [3.05, 3.63) is 65.3 Å². The molecule has 0 bridgehead atoms. The lowest BCUT2D eigenvalue weighted by molar-refractivity contribution is 0.122. The van der Waals surface area contributed by atoms with E-state index in [4.69, 9.17) is 21.3 Å². The fourth-order valence-electron chi connectivity index (χ4n) is 4.22. The normalized spacial score (nSPS) is 16.9. The Morgan fingerprint density at radius 3 is 2.09 bits per heavy atom. The molecule has 9 heteroatoms. The molecular formula is C24H24ClF2N5O. The molecule has 0 saturated carbocycles. The van der Waals surface area contributed by atoms with E-state index in [1.807, 2.05) is 17.0 Å². The number of aromatic nitrogens is 2. The van der Waals surface area contributed by atoms with Crippen LogP contribution in [0.2, 0.25) is 5.02 Å². The summed E-state index contributed by atoms with van der Waals surface area (Å²) in [6.07, 6.45) is 1.61. The molecule has 4 heterocycles. The van der Waals surface area contributed by atoms with Gasteiger partial charge in [-0.05, 0) is 47.5 Å². The van der Waals surface area contributed by atoms with Crippen LogP contribution >= 0.6 is 11.6 Å². The smallest absolute Gasteiger partial charge is 0.165 e. The van der Waals surface area contributed by atoms with Crippen molar-refractivity contribution in [3.63, 3.8) is 0 Å². The minimum absolute atomic E-state index is 0.0878. The molecule has 2 aromatic heterocycles. The second-order valence-electron chi connectivity index (χ2n) is 8.08. The van der Waals surface area contributed by atoms with Gasteiger partial charge >= 0.3 is 0 Å². The Hall–Kier alpha value is -2.97. The molecule has 0 spiro atoms. The molecule has 2 fully saturated rings. The molecule has 6 nitrogen and oxygen atoms in total. The Morgan fingerprint density at radius 2 is 1.42 bits per heavy atom. The number of piperazine rings is 1. The summed E-state index contributed by atoms with van der Waals surface area (Å²) >= 11 is 6.06.